The van der Waals surface area contributed by atoms with Crippen molar-refractivity contribution in [1.82, 2.24) is 0 Å². The Bertz CT molecular complexity index is 731. The molecular formula is C15H10F2N2O2. The standard InChI is InChI=1S/C15H10F2N2O2/c1-19(13-5-3-2-4-9(13)8-18)14-11(16)6-10(15(20)21)7-12(14)17/h2-7H,1H3,(H,20,21). The number of nitrogens with zero attached hydrogens (tertiary/aromatic N) is 2. The normalized spacial score (nSPS) is 10.0. The highest BCUT2D eigenvalue weighted by Gasteiger charge is 2.20. The third kappa shape index (κ3) is 2.67. The quantitative estimate of drug-likeness (QED) is 0.941. The molecule has 0 aliphatic heterocycles. The molecule has 0 radical (unpaired) electrons. The van der Waals surface area contributed by atoms with Crippen LogP contribution < -0.4 is 4.90 Å². The van der Waals surface area contributed by atoms with Crippen LogP contribution in [0, 0.1) is 23.0 Å². The smallest absolute Gasteiger partial charge is 0.335 e. The van der Waals surface area contributed by atoms with E-state index in [-0.39, 0.29) is 5.56 Å². The largest absolute Gasteiger partial charge is 0.478 e. The van der Waals surface area contributed by atoms with Gasteiger partial charge in [0.25, 0.3) is 0 Å². The van der Waals surface area contributed by atoms with Gasteiger partial charge < -0.3 is 10.0 Å². The fourth-order valence-electron chi connectivity index (χ4n) is 1.99. The number of carbonyl (C=O) groups is 1. The molecule has 0 heterocycles. The van der Waals surface area contributed by atoms with Gasteiger partial charge in [-0.15, -0.1) is 0 Å². The summed E-state index contributed by atoms with van der Waals surface area (Å²) in [4.78, 5) is 11.9. The van der Waals surface area contributed by atoms with Gasteiger partial charge in [-0.2, -0.15) is 5.26 Å². The van der Waals surface area contributed by atoms with Crippen molar-refractivity contribution in [3.63, 3.8) is 0 Å². The molecule has 0 saturated heterocycles. The van der Waals surface area contributed by atoms with Crippen molar-refractivity contribution < 1.29 is 18.7 Å². The zero-order valence-electron chi connectivity index (χ0n) is 11.0. The molecule has 2 aromatic rings. The van der Waals surface area contributed by atoms with Crippen LogP contribution in [-0.4, -0.2) is 18.1 Å². The Morgan fingerprint density at radius 3 is 2.33 bits per heavy atom. The molecule has 21 heavy (non-hydrogen) atoms. The number of para-hydroxylation sites is 1. The van der Waals surface area contributed by atoms with E-state index in [1.54, 1.807) is 18.2 Å². The Labute approximate surface area is 119 Å². The van der Waals surface area contributed by atoms with Crippen LogP contribution in [0.15, 0.2) is 36.4 Å². The second-order valence-corrected chi connectivity index (χ2v) is 4.28. The Kier molecular flexibility index (Phi) is 3.85. The van der Waals surface area contributed by atoms with Gasteiger partial charge in [0, 0.05) is 7.05 Å². The van der Waals surface area contributed by atoms with E-state index in [4.69, 9.17) is 10.4 Å². The number of carboxylic acids is 1. The summed E-state index contributed by atoms with van der Waals surface area (Å²) in [7, 11) is 1.40. The molecule has 0 aliphatic carbocycles. The van der Waals surface area contributed by atoms with Crippen LogP contribution in [0.3, 0.4) is 0 Å². The maximum Gasteiger partial charge on any atom is 0.335 e. The van der Waals surface area contributed by atoms with Crippen molar-refractivity contribution in [2.45, 2.75) is 0 Å². The highest BCUT2D eigenvalue weighted by Crippen LogP contribution is 2.31. The Hall–Kier alpha value is -2.94. The van der Waals surface area contributed by atoms with Crippen molar-refractivity contribution in [2.24, 2.45) is 0 Å². The number of aromatic carboxylic acids is 1. The number of hydrogen-bond acceptors (Lipinski definition) is 3. The molecule has 6 heteroatoms. The molecule has 0 aromatic heterocycles. The molecule has 106 valence electrons. The van der Waals surface area contributed by atoms with Crippen LogP contribution in [0.2, 0.25) is 0 Å². The number of anilines is 2. The fourth-order valence-corrected chi connectivity index (χ4v) is 1.99. The molecule has 0 amide bonds. The molecule has 0 bridgehead atoms. The van der Waals surface area contributed by atoms with Crippen LogP contribution in [0.4, 0.5) is 20.2 Å². The van der Waals surface area contributed by atoms with Gasteiger partial charge in [-0.25, -0.2) is 13.6 Å². The van der Waals surface area contributed by atoms with Crippen molar-refractivity contribution in [3.8, 4) is 6.07 Å². The van der Waals surface area contributed by atoms with E-state index < -0.39 is 28.9 Å². The first-order valence-corrected chi connectivity index (χ1v) is 5.91. The summed E-state index contributed by atoms with van der Waals surface area (Å²) in [6, 6.07) is 9.75. The average molecular weight is 288 g/mol. The zero-order valence-corrected chi connectivity index (χ0v) is 11.0. The predicted octanol–water partition coefficient (Wildman–Crippen LogP) is 3.30. The first-order valence-electron chi connectivity index (χ1n) is 5.91. The van der Waals surface area contributed by atoms with Crippen molar-refractivity contribution >= 4 is 17.3 Å². The van der Waals surface area contributed by atoms with Crippen LogP contribution in [0.5, 0.6) is 0 Å². The average Bonchev–Trinajstić information content (AvgIpc) is 2.46. The number of nitriles is 1. The minimum absolute atomic E-state index is 0.251. The minimum Gasteiger partial charge on any atom is -0.478 e. The summed E-state index contributed by atoms with van der Waals surface area (Å²) in [5.41, 5.74) is -0.319. The Balaban J connectivity index is 2.57. The van der Waals surface area contributed by atoms with E-state index >= 15 is 0 Å². The van der Waals surface area contributed by atoms with Gasteiger partial charge in [-0.05, 0) is 24.3 Å². The van der Waals surface area contributed by atoms with E-state index in [2.05, 4.69) is 0 Å². The maximum atomic E-state index is 14.0. The lowest BCUT2D eigenvalue weighted by atomic mass is 10.1. The number of carboxylic acid groups (broad SMARTS) is 1. The second-order valence-electron chi connectivity index (χ2n) is 4.28. The van der Waals surface area contributed by atoms with Crippen molar-refractivity contribution in [1.29, 1.82) is 5.26 Å². The molecule has 0 unspecified atom stereocenters. The molecule has 4 nitrogen and oxygen atoms in total. The molecular weight excluding hydrogens is 278 g/mol. The third-order valence-electron chi connectivity index (χ3n) is 2.99. The highest BCUT2D eigenvalue weighted by atomic mass is 19.1. The van der Waals surface area contributed by atoms with Gasteiger partial charge in [0.1, 0.15) is 11.8 Å². The number of benzene rings is 2. The molecule has 2 rings (SSSR count). The molecule has 0 atom stereocenters. The van der Waals surface area contributed by atoms with Gasteiger partial charge in [-0.3, -0.25) is 0 Å². The van der Waals surface area contributed by atoms with E-state index in [0.29, 0.717) is 5.69 Å². The van der Waals surface area contributed by atoms with Crippen LogP contribution in [-0.2, 0) is 0 Å². The Morgan fingerprint density at radius 2 is 1.81 bits per heavy atom. The van der Waals surface area contributed by atoms with E-state index in [0.717, 1.165) is 12.1 Å². The van der Waals surface area contributed by atoms with E-state index in [9.17, 15) is 13.6 Å². The van der Waals surface area contributed by atoms with Gasteiger partial charge in [0.05, 0.1) is 16.8 Å². The summed E-state index contributed by atoms with van der Waals surface area (Å²) in [5, 5.41) is 17.8. The predicted molar refractivity (Wildman–Crippen MR) is 72.5 cm³/mol. The lowest BCUT2D eigenvalue weighted by Gasteiger charge is -2.22. The highest BCUT2D eigenvalue weighted by molar-refractivity contribution is 5.88. The van der Waals surface area contributed by atoms with E-state index in [1.165, 1.54) is 18.0 Å². The SMILES string of the molecule is CN(c1ccccc1C#N)c1c(F)cc(C(=O)O)cc1F. The van der Waals surface area contributed by atoms with Crippen LogP contribution in [0.25, 0.3) is 0 Å². The van der Waals surface area contributed by atoms with E-state index in [1.807, 2.05) is 6.07 Å². The molecule has 0 fully saturated rings. The summed E-state index contributed by atoms with van der Waals surface area (Å²) < 4.78 is 28.0. The first-order chi connectivity index (χ1) is 9.95. The molecule has 0 aliphatic rings. The van der Waals surface area contributed by atoms with Gasteiger partial charge >= 0.3 is 5.97 Å². The summed E-state index contributed by atoms with van der Waals surface area (Å²) >= 11 is 0. The number of hydrogen-bond donors (Lipinski definition) is 1. The monoisotopic (exact) mass is 288 g/mol. The number of rotatable bonds is 3. The van der Waals surface area contributed by atoms with Crippen molar-refractivity contribution in [3.05, 3.63) is 59.2 Å². The molecule has 0 saturated carbocycles. The van der Waals surface area contributed by atoms with Gasteiger partial charge in [-0.1, -0.05) is 12.1 Å². The summed E-state index contributed by atoms with van der Waals surface area (Å²) in [5.74, 6) is -3.44. The topological polar surface area (TPSA) is 64.3 Å². The fraction of sp³-hybridized carbons (Fsp3) is 0.0667. The first kappa shape index (κ1) is 14.5. The lowest BCUT2D eigenvalue weighted by Crippen LogP contribution is -2.15. The zero-order chi connectivity index (χ0) is 15.6. The van der Waals surface area contributed by atoms with Gasteiger partial charge in [0.2, 0.25) is 0 Å². The third-order valence-corrected chi connectivity index (χ3v) is 2.99. The number of halogens is 2. The van der Waals surface area contributed by atoms with Crippen molar-refractivity contribution in [2.75, 3.05) is 11.9 Å². The Morgan fingerprint density at radius 1 is 1.24 bits per heavy atom. The summed E-state index contributed by atoms with van der Waals surface area (Å²) in [6.45, 7) is 0. The van der Waals surface area contributed by atoms with Crippen LogP contribution in [0.1, 0.15) is 15.9 Å². The lowest BCUT2D eigenvalue weighted by molar-refractivity contribution is 0.0696. The molecule has 2 aromatic carbocycles. The molecule has 0 spiro atoms. The maximum absolute atomic E-state index is 14.0. The second kappa shape index (κ2) is 5.59. The van der Waals surface area contributed by atoms with Gasteiger partial charge in [0.15, 0.2) is 11.6 Å². The molecule has 1 N–H and O–H groups in total. The minimum atomic E-state index is -1.42. The summed E-state index contributed by atoms with van der Waals surface area (Å²) in [6.07, 6.45) is 0. The van der Waals surface area contributed by atoms with Crippen LogP contribution >= 0.6 is 0 Å².